The molecule has 2 aromatic rings. The Labute approximate surface area is 111 Å². The number of methoxy groups -OCH3 is 1. The SMILES string of the molecule is COc1ccc(C(N)c2c(Cl)cnn2C)cc1C. The van der Waals surface area contributed by atoms with Crippen LogP contribution >= 0.6 is 11.6 Å². The highest BCUT2D eigenvalue weighted by molar-refractivity contribution is 6.31. The second-order valence-electron chi connectivity index (χ2n) is 4.21. The van der Waals surface area contributed by atoms with Crippen molar-refractivity contribution in [2.24, 2.45) is 12.8 Å². The molecule has 0 bridgehead atoms. The summed E-state index contributed by atoms with van der Waals surface area (Å²) in [6.45, 7) is 1.99. The summed E-state index contributed by atoms with van der Waals surface area (Å²) < 4.78 is 6.93. The summed E-state index contributed by atoms with van der Waals surface area (Å²) in [7, 11) is 3.48. The number of ether oxygens (including phenoxy) is 1. The average molecular weight is 266 g/mol. The maximum Gasteiger partial charge on any atom is 0.121 e. The third-order valence-electron chi connectivity index (χ3n) is 3.01. The molecule has 0 saturated heterocycles. The second kappa shape index (κ2) is 5.00. The summed E-state index contributed by atoms with van der Waals surface area (Å²) in [4.78, 5) is 0. The summed E-state index contributed by atoms with van der Waals surface area (Å²) in [6, 6.07) is 5.57. The van der Waals surface area contributed by atoms with E-state index in [-0.39, 0.29) is 6.04 Å². The Morgan fingerprint density at radius 1 is 1.44 bits per heavy atom. The van der Waals surface area contributed by atoms with Crippen molar-refractivity contribution < 1.29 is 4.74 Å². The van der Waals surface area contributed by atoms with Crippen LogP contribution in [0.15, 0.2) is 24.4 Å². The van der Waals surface area contributed by atoms with Gasteiger partial charge in [-0.3, -0.25) is 4.68 Å². The summed E-state index contributed by atoms with van der Waals surface area (Å²) in [5.74, 6) is 0.849. The number of benzene rings is 1. The predicted molar refractivity (Wildman–Crippen MR) is 72.0 cm³/mol. The Hall–Kier alpha value is -1.52. The highest BCUT2D eigenvalue weighted by Gasteiger charge is 2.17. The van der Waals surface area contributed by atoms with E-state index in [9.17, 15) is 0 Å². The standard InChI is InChI=1S/C13H16ClN3O/c1-8-6-9(4-5-11(8)18-3)12(15)13-10(14)7-16-17(13)2/h4-7,12H,15H2,1-3H3. The third kappa shape index (κ3) is 2.21. The largest absolute Gasteiger partial charge is 0.496 e. The van der Waals surface area contributed by atoms with Crippen molar-refractivity contribution in [3.05, 3.63) is 46.2 Å². The summed E-state index contributed by atoms with van der Waals surface area (Å²) in [5.41, 5.74) is 9.07. The molecule has 96 valence electrons. The molecule has 0 aliphatic carbocycles. The van der Waals surface area contributed by atoms with E-state index in [1.165, 1.54) is 0 Å². The van der Waals surface area contributed by atoms with Crippen molar-refractivity contribution in [3.8, 4) is 5.75 Å². The van der Waals surface area contributed by atoms with Crippen molar-refractivity contribution in [2.75, 3.05) is 7.11 Å². The third-order valence-corrected chi connectivity index (χ3v) is 3.30. The molecule has 4 nitrogen and oxygen atoms in total. The van der Waals surface area contributed by atoms with Crippen LogP contribution in [-0.4, -0.2) is 16.9 Å². The fraction of sp³-hybridized carbons (Fsp3) is 0.308. The van der Waals surface area contributed by atoms with Crippen LogP contribution in [0.4, 0.5) is 0 Å². The van der Waals surface area contributed by atoms with E-state index in [1.54, 1.807) is 18.0 Å². The van der Waals surface area contributed by atoms with Gasteiger partial charge in [-0.05, 0) is 24.1 Å². The molecule has 0 amide bonds. The summed E-state index contributed by atoms with van der Waals surface area (Å²) in [6.07, 6.45) is 1.60. The fourth-order valence-corrected chi connectivity index (χ4v) is 2.31. The molecule has 0 fully saturated rings. The summed E-state index contributed by atoms with van der Waals surface area (Å²) in [5, 5.41) is 4.68. The number of nitrogens with zero attached hydrogens (tertiary/aromatic N) is 2. The number of hydrogen-bond donors (Lipinski definition) is 1. The van der Waals surface area contributed by atoms with Crippen molar-refractivity contribution in [3.63, 3.8) is 0 Å². The highest BCUT2D eigenvalue weighted by atomic mass is 35.5. The Morgan fingerprint density at radius 3 is 2.67 bits per heavy atom. The van der Waals surface area contributed by atoms with Crippen LogP contribution < -0.4 is 10.5 Å². The van der Waals surface area contributed by atoms with Gasteiger partial charge in [0.05, 0.1) is 30.1 Å². The van der Waals surface area contributed by atoms with E-state index in [0.29, 0.717) is 5.02 Å². The normalized spacial score (nSPS) is 12.5. The maximum atomic E-state index is 6.24. The lowest BCUT2D eigenvalue weighted by Gasteiger charge is -2.15. The van der Waals surface area contributed by atoms with E-state index in [2.05, 4.69) is 5.10 Å². The predicted octanol–water partition coefficient (Wildman–Crippen LogP) is 2.44. The van der Waals surface area contributed by atoms with E-state index >= 15 is 0 Å². The Balaban J connectivity index is 2.40. The van der Waals surface area contributed by atoms with Crippen molar-refractivity contribution >= 4 is 11.6 Å². The quantitative estimate of drug-likeness (QED) is 0.927. The molecule has 18 heavy (non-hydrogen) atoms. The van der Waals surface area contributed by atoms with Crippen LogP contribution in [0.2, 0.25) is 5.02 Å². The van der Waals surface area contributed by atoms with Crippen LogP contribution in [-0.2, 0) is 7.05 Å². The molecule has 0 radical (unpaired) electrons. The maximum absolute atomic E-state index is 6.24. The van der Waals surface area contributed by atoms with Crippen LogP contribution in [0.3, 0.4) is 0 Å². The first-order chi connectivity index (χ1) is 8.54. The van der Waals surface area contributed by atoms with Gasteiger partial charge in [-0.25, -0.2) is 0 Å². The van der Waals surface area contributed by atoms with Gasteiger partial charge in [-0.15, -0.1) is 0 Å². The van der Waals surface area contributed by atoms with Gasteiger partial charge in [0.15, 0.2) is 0 Å². The number of rotatable bonds is 3. The number of aromatic nitrogens is 2. The molecule has 0 saturated carbocycles. The minimum atomic E-state index is -0.297. The van der Waals surface area contributed by atoms with Gasteiger partial charge in [-0.2, -0.15) is 5.10 Å². The molecule has 1 atom stereocenters. The molecule has 0 aliphatic heterocycles. The zero-order valence-corrected chi connectivity index (χ0v) is 11.4. The first kappa shape index (κ1) is 12.9. The zero-order chi connectivity index (χ0) is 13.3. The number of halogens is 1. The topological polar surface area (TPSA) is 53.1 Å². The number of aryl methyl sites for hydroxylation is 2. The van der Waals surface area contributed by atoms with Crippen molar-refractivity contribution in [1.29, 1.82) is 0 Å². The molecular formula is C13H16ClN3O. The Kier molecular flexibility index (Phi) is 3.59. The molecule has 1 aromatic carbocycles. The smallest absolute Gasteiger partial charge is 0.121 e. The molecule has 2 N–H and O–H groups in total. The minimum absolute atomic E-state index is 0.297. The lowest BCUT2D eigenvalue weighted by Crippen LogP contribution is -2.16. The van der Waals surface area contributed by atoms with Gasteiger partial charge in [0.25, 0.3) is 0 Å². The zero-order valence-electron chi connectivity index (χ0n) is 10.6. The number of nitrogens with two attached hydrogens (primary N) is 1. The number of hydrogen-bond acceptors (Lipinski definition) is 3. The van der Waals surface area contributed by atoms with E-state index in [4.69, 9.17) is 22.1 Å². The first-order valence-electron chi connectivity index (χ1n) is 5.62. The monoisotopic (exact) mass is 265 g/mol. The van der Waals surface area contributed by atoms with Gasteiger partial charge < -0.3 is 10.5 Å². The van der Waals surface area contributed by atoms with E-state index in [0.717, 1.165) is 22.6 Å². The van der Waals surface area contributed by atoms with E-state index in [1.807, 2.05) is 32.2 Å². The fourth-order valence-electron chi connectivity index (χ4n) is 2.02. The molecule has 1 aromatic heterocycles. The average Bonchev–Trinajstić information content (AvgIpc) is 2.68. The molecule has 0 spiro atoms. The van der Waals surface area contributed by atoms with Crippen LogP contribution in [0, 0.1) is 6.92 Å². The lowest BCUT2D eigenvalue weighted by molar-refractivity contribution is 0.411. The van der Waals surface area contributed by atoms with Gasteiger partial charge in [0.1, 0.15) is 5.75 Å². The second-order valence-corrected chi connectivity index (χ2v) is 4.62. The van der Waals surface area contributed by atoms with Crippen molar-refractivity contribution in [1.82, 2.24) is 9.78 Å². The molecule has 2 rings (SSSR count). The van der Waals surface area contributed by atoms with Crippen LogP contribution in [0.1, 0.15) is 22.9 Å². The van der Waals surface area contributed by atoms with Crippen LogP contribution in [0.25, 0.3) is 0 Å². The molecule has 1 unspecified atom stereocenters. The molecular weight excluding hydrogens is 250 g/mol. The van der Waals surface area contributed by atoms with Gasteiger partial charge in [0, 0.05) is 7.05 Å². The van der Waals surface area contributed by atoms with Crippen LogP contribution in [0.5, 0.6) is 5.75 Å². The Morgan fingerprint density at radius 2 is 2.17 bits per heavy atom. The first-order valence-corrected chi connectivity index (χ1v) is 6.00. The Bertz CT molecular complexity index is 546. The van der Waals surface area contributed by atoms with Gasteiger partial charge >= 0.3 is 0 Å². The minimum Gasteiger partial charge on any atom is -0.496 e. The highest BCUT2D eigenvalue weighted by Crippen LogP contribution is 2.28. The molecule has 1 heterocycles. The summed E-state index contributed by atoms with van der Waals surface area (Å²) >= 11 is 6.10. The van der Waals surface area contributed by atoms with E-state index < -0.39 is 0 Å². The molecule has 5 heteroatoms. The molecule has 0 aliphatic rings. The van der Waals surface area contributed by atoms with Gasteiger partial charge in [0.2, 0.25) is 0 Å². The van der Waals surface area contributed by atoms with Crippen molar-refractivity contribution in [2.45, 2.75) is 13.0 Å². The lowest BCUT2D eigenvalue weighted by atomic mass is 10.0. The van der Waals surface area contributed by atoms with Gasteiger partial charge in [-0.1, -0.05) is 23.7 Å².